The van der Waals surface area contributed by atoms with Crippen molar-refractivity contribution in [2.45, 2.75) is 25.8 Å². The summed E-state index contributed by atoms with van der Waals surface area (Å²) in [5, 5.41) is 7.28. The molecule has 3 rings (SSSR count). The van der Waals surface area contributed by atoms with Crippen molar-refractivity contribution in [2.24, 2.45) is 0 Å². The lowest BCUT2D eigenvalue weighted by Crippen LogP contribution is -2.38. The molecule has 1 atom stereocenters. The highest BCUT2D eigenvalue weighted by atomic mass is 16.5. The molecular weight excluding hydrogens is 320 g/mol. The molecule has 1 saturated heterocycles. The van der Waals surface area contributed by atoms with E-state index in [2.05, 4.69) is 10.4 Å². The summed E-state index contributed by atoms with van der Waals surface area (Å²) in [6.45, 7) is 2.67. The van der Waals surface area contributed by atoms with Crippen LogP contribution in [0.5, 0.6) is 5.75 Å². The van der Waals surface area contributed by atoms with E-state index in [4.69, 9.17) is 4.74 Å². The number of amides is 2. The molecule has 0 spiro atoms. The lowest BCUT2D eigenvalue weighted by Gasteiger charge is -2.17. The highest BCUT2D eigenvalue weighted by molar-refractivity contribution is 5.86. The number of aromatic nitrogens is 2. The second kappa shape index (κ2) is 7.38. The maximum Gasteiger partial charge on any atom is 0.240 e. The molecule has 1 aliphatic heterocycles. The van der Waals surface area contributed by atoms with E-state index >= 15 is 0 Å². The summed E-state index contributed by atoms with van der Waals surface area (Å²) in [7, 11) is 1.62. The number of nitrogens with one attached hydrogen (secondary N) is 1. The van der Waals surface area contributed by atoms with E-state index in [1.165, 1.54) is 0 Å². The average molecular weight is 342 g/mol. The molecule has 0 unspecified atom stereocenters. The number of ether oxygens (including phenoxy) is 1. The zero-order valence-corrected chi connectivity index (χ0v) is 14.4. The minimum atomic E-state index is -0.200. The first-order valence-electron chi connectivity index (χ1n) is 8.33. The van der Waals surface area contributed by atoms with Crippen LogP contribution in [0.4, 0.5) is 0 Å². The smallest absolute Gasteiger partial charge is 0.240 e. The number of carbonyl (C=O) groups is 2. The maximum atomic E-state index is 12.2. The van der Waals surface area contributed by atoms with Crippen LogP contribution in [0.2, 0.25) is 0 Å². The summed E-state index contributed by atoms with van der Waals surface area (Å²) >= 11 is 0. The van der Waals surface area contributed by atoms with Gasteiger partial charge in [-0.1, -0.05) is 12.1 Å². The third-order valence-corrected chi connectivity index (χ3v) is 4.32. The highest BCUT2D eigenvalue weighted by Gasteiger charge is 2.23. The maximum absolute atomic E-state index is 12.2. The van der Waals surface area contributed by atoms with Crippen molar-refractivity contribution in [3.05, 3.63) is 42.2 Å². The largest absolute Gasteiger partial charge is 0.494 e. The van der Waals surface area contributed by atoms with E-state index in [9.17, 15) is 9.59 Å². The second-order valence-electron chi connectivity index (χ2n) is 6.10. The van der Waals surface area contributed by atoms with Crippen LogP contribution < -0.4 is 10.1 Å². The Labute approximate surface area is 146 Å². The van der Waals surface area contributed by atoms with E-state index in [1.54, 1.807) is 22.9 Å². The van der Waals surface area contributed by atoms with Crippen molar-refractivity contribution < 1.29 is 14.3 Å². The molecular formula is C18H22N4O3. The van der Waals surface area contributed by atoms with Crippen LogP contribution in [0.1, 0.15) is 31.4 Å². The van der Waals surface area contributed by atoms with Gasteiger partial charge in [-0.25, -0.2) is 4.68 Å². The number of nitrogens with zero attached hydrogens (tertiary/aromatic N) is 3. The molecule has 0 aliphatic carbocycles. The first-order chi connectivity index (χ1) is 12.1. The van der Waals surface area contributed by atoms with Gasteiger partial charge >= 0.3 is 0 Å². The van der Waals surface area contributed by atoms with Gasteiger partial charge in [-0.3, -0.25) is 9.59 Å². The number of carbonyl (C=O) groups excluding carboxylic acids is 2. The first-order valence-corrected chi connectivity index (χ1v) is 8.33. The molecule has 1 N–H and O–H groups in total. The van der Waals surface area contributed by atoms with Crippen molar-refractivity contribution in [2.75, 3.05) is 20.2 Å². The topological polar surface area (TPSA) is 76.5 Å². The van der Waals surface area contributed by atoms with Gasteiger partial charge in [0.05, 0.1) is 25.9 Å². The lowest BCUT2D eigenvalue weighted by molar-refractivity contribution is -0.133. The molecule has 132 valence electrons. The van der Waals surface area contributed by atoms with E-state index in [0.717, 1.165) is 23.4 Å². The van der Waals surface area contributed by atoms with Gasteiger partial charge in [-0.2, -0.15) is 5.10 Å². The number of hydrogen-bond donors (Lipinski definition) is 1. The fourth-order valence-electron chi connectivity index (χ4n) is 2.93. The van der Waals surface area contributed by atoms with Crippen molar-refractivity contribution >= 4 is 11.8 Å². The summed E-state index contributed by atoms with van der Waals surface area (Å²) < 4.78 is 7.07. The van der Waals surface area contributed by atoms with E-state index < -0.39 is 0 Å². The van der Waals surface area contributed by atoms with Gasteiger partial charge in [0.15, 0.2) is 0 Å². The normalized spacial score (nSPS) is 15.3. The zero-order chi connectivity index (χ0) is 17.8. The summed E-state index contributed by atoms with van der Waals surface area (Å²) in [6, 6.07) is 7.40. The van der Waals surface area contributed by atoms with Crippen molar-refractivity contribution in [3.63, 3.8) is 0 Å². The minimum Gasteiger partial charge on any atom is -0.494 e. The summed E-state index contributed by atoms with van der Waals surface area (Å²) in [5.74, 6) is 0.612. The number of para-hydroxylation sites is 2. The Balaban J connectivity index is 1.65. The van der Waals surface area contributed by atoms with Crippen LogP contribution in [0.15, 0.2) is 36.7 Å². The number of benzene rings is 1. The lowest BCUT2D eigenvalue weighted by atomic mass is 10.2. The first kappa shape index (κ1) is 17.0. The van der Waals surface area contributed by atoms with Crippen molar-refractivity contribution in [1.82, 2.24) is 20.0 Å². The van der Waals surface area contributed by atoms with Gasteiger partial charge in [-0.05, 0) is 25.5 Å². The Kier molecular flexibility index (Phi) is 5.02. The standard InChI is InChI=1S/C18H22N4O3/c1-13(20-17(23)12-21-9-5-8-18(21)24)14-10-19-22(11-14)15-6-3-4-7-16(15)25-2/h3-4,6-7,10-11,13H,5,8-9,12H2,1-2H3,(H,20,23)/t13-/m1/s1. The fraction of sp³-hybridized carbons (Fsp3) is 0.389. The Morgan fingerprint density at radius 1 is 1.40 bits per heavy atom. The predicted molar refractivity (Wildman–Crippen MR) is 92.5 cm³/mol. The Morgan fingerprint density at radius 2 is 2.20 bits per heavy atom. The Bertz CT molecular complexity index is 771. The van der Waals surface area contributed by atoms with E-state index in [1.807, 2.05) is 37.4 Å². The zero-order valence-electron chi connectivity index (χ0n) is 14.4. The number of hydrogen-bond acceptors (Lipinski definition) is 4. The van der Waals surface area contributed by atoms with Gasteiger partial charge in [0.1, 0.15) is 11.4 Å². The molecule has 2 aromatic rings. The van der Waals surface area contributed by atoms with Gasteiger partial charge in [-0.15, -0.1) is 0 Å². The summed E-state index contributed by atoms with van der Waals surface area (Å²) in [5.41, 5.74) is 1.71. The monoisotopic (exact) mass is 342 g/mol. The van der Waals surface area contributed by atoms with Gasteiger partial charge < -0.3 is 15.0 Å². The third kappa shape index (κ3) is 3.81. The Morgan fingerprint density at radius 3 is 2.92 bits per heavy atom. The molecule has 2 heterocycles. The highest BCUT2D eigenvalue weighted by Crippen LogP contribution is 2.23. The number of methoxy groups -OCH3 is 1. The van der Waals surface area contributed by atoms with Crippen LogP contribution in [0, 0.1) is 0 Å². The van der Waals surface area contributed by atoms with E-state index in [-0.39, 0.29) is 24.4 Å². The van der Waals surface area contributed by atoms with Gasteiger partial charge in [0.2, 0.25) is 11.8 Å². The second-order valence-corrected chi connectivity index (χ2v) is 6.10. The molecule has 1 fully saturated rings. The van der Waals surface area contributed by atoms with Crippen LogP contribution in [-0.4, -0.2) is 46.7 Å². The third-order valence-electron chi connectivity index (χ3n) is 4.32. The Hall–Kier alpha value is -2.83. The molecule has 1 aromatic heterocycles. The minimum absolute atomic E-state index is 0.0480. The summed E-state index contributed by atoms with van der Waals surface area (Å²) in [4.78, 5) is 25.4. The molecule has 7 heteroatoms. The fourth-order valence-corrected chi connectivity index (χ4v) is 2.93. The number of likely N-dealkylation sites (tertiary alicyclic amines) is 1. The molecule has 0 bridgehead atoms. The van der Waals surface area contributed by atoms with Crippen LogP contribution in [0.3, 0.4) is 0 Å². The van der Waals surface area contributed by atoms with Crippen molar-refractivity contribution in [3.8, 4) is 11.4 Å². The molecule has 2 amide bonds. The summed E-state index contributed by atoms with van der Waals surface area (Å²) in [6.07, 6.45) is 4.95. The van der Waals surface area contributed by atoms with Crippen LogP contribution >= 0.6 is 0 Å². The van der Waals surface area contributed by atoms with Gasteiger partial charge in [0, 0.05) is 24.7 Å². The van der Waals surface area contributed by atoms with E-state index in [0.29, 0.717) is 13.0 Å². The molecule has 1 aliphatic rings. The van der Waals surface area contributed by atoms with Gasteiger partial charge in [0.25, 0.3) is 0 Å². The van der Waals surface area contributed by atoms with Crippen LogP contribution in [0.25, 0.3) is 5.69 Å². The average Bonchev–Trinajstić information content (AvgIpc) is 3.24. The SMILES string of the molecule is COc1ccccc1-n1cc([C@@H](C)NC(=O)CN2CCCC2=O)cn1. The number of rotatable bonds is 6. The van der Waals surface area contributed by atoms with Crippen molar-refractivity contribution in [1.29, 1.82) is 0 Å². The predicted octanol–water partition coefficient (Wildman–Crippen LogP) is 1.68. The molecule has 25 heavy (non-hydrogen) atoms. The molecule has 7 nitrogen and oxygen atoms in total. The molecule has 0 radical (unpaired) electrons. The molecule has 0 saturated carbocycles. The van der Waals surface area contributed by atoms with Crippen LogP contribution in [-0.2, 0) is 9.59 Å². The quantitative estimate of drug-likeness (QED) is 0.866. The molecule has 1 aromatic carbocycles.